The first-order valence-corrected chi connectivity index (χ1v) is 9.89. The molecule has 0 amide bonds. The maximum atomic E-state index is 5.50. The topological polar surface area (TPSA) is 57.5 Å². The highest BCUT2D eigenvalue weighted by atomic mass is 16.5. The van der Waals surface area contributed by atoms with E-state index in [4.69, 9.17) is 19.3 Å². The Hall–Kier alpha value is -2.99. The molecule has 0 fully saturated rings. The van der Waals surface area contributed by atoms with Crippen LogP contribution in [0.25, 0.3) is 11.3 Å². The van der Waals surface area contributed by atoms with Gasteiger partial charge >= 0.3 is 0 Å². The van der Waals surface area contributed by atoms with Crippen molar-refractivity contribution >= 4 is 0 Å². The summed E-state index contributed by atoms with van der Waals surface area (Å²) in [6, 6.07) is 17.0. The van der Waals surface area contributed by atoms with Gasteiger partial charge in [-0.25, -0.2) is 0 Å². The number of benzene rings is 2. The number of hydrogen-bond donors (Lipinski definition) is 1. The average molecular weight is 393 g/mol. The standard InChI is InChI=1S/C23H27N3O3/c1-27-21-13-17(14-22(28-2)23(21)29-3)19-15-20-18(24-11-12-26(20)25-19)10-9-16-7-5-4-6-8-16/h4-8,13-15,18,24H,9-12H2,1-3H3/t18-/m0/s1. The molecule has 1 aliphatic heterocycles. The van der Waals surface area contributed by atoms with E-state index in [0.717, 1.165) is 37.2 Å². The molecule has 1 atom stereocenters. The largest absolute Gasteiger partial charge is 0.493 e. The van der Waals surface area contributed by atoms with Gasteiger partial charge in [-0.15, -0.1) is 0 Å². The minimum absolute atomic E-state index is 0.284. The summed E-state index contributed by atoms with van der Waals surface area (Å²) < 4.78 is 18.6. The van der Waals surface area contributed by atoms with Gasteiger partial charge in [0.25, 0.3) is 0 Å². The molecule has 0 saturated carbocycles. The lowest BCUT2D eigenvalue weighted by atomic mass is 10.0. The van der Waals surface area contributed by atoms with Gasteiger partial charge in [-0.2, -0.15) is 5.10 Å². The Kier molecular flexibility index (Phi) is 5.71. The van der Waals surface area contributed by atoms with E-state index in [2.05, 4.69) is 46.4 Å². The first-order valence-electron chi connectivity index (χ1n) is 9.89. The molecule has 1 N–H and O–H groups in total. The molecule has 3 aromatic rings. The lowest BCUT2D eigenvalue weighted by molar-refractivity contribution is 0.324. The second-order valence-electron chi connectivity index (χ2n) is 7.12. The SMILES string of the molecule is COc1cc(-c2cc3n(n2)CCN[C@H]3CCc2ccccc2)cc(OC)c1OC. The Balaban J connectivity index is 1.62. The Morgan fingerprint density at radius 2 is 1.72 bits per heavy atom. The van der Waals surface area contributed by atoms with Crippen molar-refractivity contribution < 1.29 is 14.2 Å². The maximum absolute atomic E-state index is 5.50. The van der Waals surface area contributed by atoms with E-state index in [1.807, 2.05) is 12.1 Å². The molecule has 6 heteroatoms. The first-order chi connectivity index (χ1) is 14.2. The van der Waals surface area contributed by atoms with Crippen molar-refractivity contribution in [1.29, 1.82) is 0 Å². The fourth-order valence-corrected chi connectivity index (χ4v) is 3.92. The van der Waals surface area contributed by atoms with Crippen LogP contribution in [0.3, 0.4) is 0 Å². The van der Waals surface area contributed by atoms with Gasteiger partial charge in [0.15, 0.2) is 11.5 Å². The van der Waals surface area contributed by atoms with Crippen LogP contribution in [0.1, 0.15) is 23.7 Å². The number of fused-ring (bicyclic) bond motifs is 1. The van der Waals surface area contributed by atoms with Crippen LogP contribution in [0.4, 0.5) is 0 Å². The molecule has 0 spiro atoms. The Morgan fingerprint density at radius 1 is 1.00 bits per heavy atom. The Bertz CT molecular complexity index is 944. The molecular weight excluding hydrogens is 366 g/mol. The minimum atomic E-state index is 0.284. The lowest BCUT2D eigenvalue weighted by Crippen LogP contribution is -2.33. The smallest absolute Gasteiger partial charge is 0.203 e. The third kappa shape index (κ3) is 3.93. The van der Waals surface area contributed by atoms with Crippen LogP contribution in [-0.2, 0) is 13.0 Å². The van der Waals surface area contributed by atoms with Crippen molar-refractivity contribution in [3.8, 4) is 28.5 Å². The fourth-order valence-electron chi connectivity index (χ4n) is 3.92. The van der Waals surface area contributed by atoms with Crippen LogP contribution in [-0.4, -0.2) is 37.7 Å². The molecule has 0 aliphatic carbocycles. The van der Waals surface area contributed by atoms with Crippen molar-refractivity contribution in [1.82, 2.24) is 15.1 Å². The zero-order valence-corrected chi connectivity index (χ0v) is 17.1. The second-order valence-corrected chi connectivity index (χ2v) is 7.12. The maximum Gasteiger partial charge on any atom is 0.203 e. The highest BCUT2D eigenvalue weighted by molar-refractivity contribution is 5.69. The summed E-state index contributed by atoms with van der Waals surface area (Å²) in [4.78, 5) is 0. The van der Waals surface area contributed by atoms with Crippen molar-refractivity contribution in [2.24, 2.45) is 0 Å². The summed E-state index contributed by atoms with van der Waals surface area (Å²) in [5.41, 5.74) is 4.43. The summed E-state index contributed by atoms with van der Waals surface area (Å²) in [7, 11) is 4.87. The summed E-state index contributed by atoms with van der Waals surface area (Å²) in [5.74, 6) is 1.85. The van der Waals surface area contributed by atoms with Crippen LogP contribution in [0.2, 0.25) is 0 Å². The predicted octanol–water partition coefficient (Wildman–Crippen LogP) is 3.85. The van der Waals surface area contributed by atoms with E-state index in [-0.39, 0.29) is 6.04 Å². The molecule has 152 valence electrons. The molecule has 0 unspecified atom stereocenters. The number of ether oxygens (including phenoxy) is 3. The number of nitrogens with zero attached hydrogens (tertiary/aromatic N) is 2. The molecule has 4 rings (SSSR count). The Labute approximate surface area is 171 Å². The monoisotopic (exact) mass is 393 g/mol. The number of hydrogen-bond acceptors (Lipinski definition) is 5. The van der Waals surface area contributed by atoms with Crippen LogP contribution >= 0.6 is 0 Å². The predicted molar refractivity (Wildman–Crippen MR) is 113 cm³/mol. The van der Waals surface area contributed by atoms with E-state index in [1.54, 1.807) is 21.3 Å². The van der Waals surface area contributed by atoms with Gasteiger partial charge in [-0.3, -0.25) is 4.68 Å². The van der Waals surface area contributed by atoms with Crippen LogP contribution in [0, 0.1) is 0 Å². The van der Waals surface area contributed by atoms with Gasteiger partial charge in [0, 0.05) is 18.2 Å². The van der Waals surface area contributed by atoms with Gasteiger partial charge < -0.3 is 19.5 Å². The highest BCUT2D eigenvalue weighted by Crippen LogP contribution is 2.41. The number of aryl methyl sites for hydroxylation is 1. The third-order valence-corrected chi connectivity index (χ3v) is 5.41. The number of methoxy groups -OCH3 is 3. The van der Waals surface area contributed by atoms with E-state index in [0.29, 0.717) is 17.2 Å². The molecule has 1 aliphatic rings. The molecule has 0 radical (unpaired) electrons. The van der Waals surface area contributed by atoms with Crippen molar-refractivity contribution in [3.05, 3.63) is 59.8 Å². The van der Waals surface area contributed by atoms with Gasteiger partial charge in [0.05, 0.1) is 39.3 Å². The second kappa shape index (κ2) is 8.57. The summed E-state index contributed by atoms with van der Waals surface area (Å²) >= 11 is 0. The molecule has 0 saturated heterocycles. The summed E-state index contributed by atoms with van der Waals surface area (Å²) in [6.07, 6.45) is 2.06. The first kappa shape index (κ1) is 19.3. The third-order valence-electron chi connectivity index (χ3n) is 5.41. The van der Waals surface area contributed by atoms with Gasteiger partial charge in [0.1, 0.15) is 0 Å². The fraction of sp³-hybridized carbons (Fsp3) is 0.348. The molecule has 2 aromatic carbocycles. The number of aromatic nitrogens is 2. The van der Waals surface area contributed by atoms with Crippen LogP contribution in [0.5, 0.6) is 17.2 Å². The van der Waals surface area contributed by atoms with Gasteiger partial charge in [-0.1, -0.05) is 30.3 Å². The van der Waals surface area contributed by atoms with Crippen LogP contribution < -0.4 is 19.5 Å². The highest BCUT2D eigenvalue weighted by Gasteiger charge is 2.23. The van der Waals surface area contributed by atoms with E-state index in [9.17, 15) is 0 Å². The van der Waals surface area contributed by atoms with Crippen LogP contribution in [0.15, 0.2) is 48.5 Å². The van der Waals surface area contributed by atoms with Gasteiger partial charge in [-0.05, 0) is 36.6 Å². The van der Waals surface area contributed by atoms with E-state index < -0.39 is 0 Å². The zero-order valence-electron chi connectivity index (χ0n) is 17.1. The van der Waals surface area contributed by atoms with Crippen molar-refractivity contribution in [2.45, 2.75) is 25.4 Å². The van der Waals surface area contributed by atoms with Crippen molar-refractivity contribution in [2.75, 3.05) is 27.9 Å². The number of rotatable bonds is 7. The lowest BCUT2D eigenvalue weighted by Gasteiger charge is -2.25. The van der Waals surface area contributed by atoms with Gasteiger partial charge in [0.2, 0.25) is 5.75 Å². The molecule has 1 aromatic heterocycles. The number of nitrogens with one attached hydrogen (secondary N) is 1. The summed E-state index contributed by atoms with van der Waals surface area (Å²) in [6.45, 7) is 1.78. The minimum Gasteiger partial charge on any atom is -0.493 e. The zero-order chi connectivity index (χ0) is 20.2. The summed E-state index contributed by atoms with van der Waals surface area (Å²) in [5, 5.41) is 8.50. The molecule has 2 heterocycles. The molecular formula is C23H27N3O3. The molecule has 0 bridgehead atoms. The van der Waals surface area contributed by atoms with Crippen molar-refractivity contribution in [3.63, 3.8) is 0 Å². The molecule has 29 heavy (non-hydrogen) atoms. The quantitative estimate of drug-likeness (QED) is 0.661. The van der Waals surface area contributed by atoms with E-state index >= 15 is 0 Å². The molecule has 6 nitrogen and oxygen atoms in total. The Morgan fingerprint density at radius 3 is 2.38 bits per heavy atom. The average Bonchev–Trinajstić information content (AvgIpc) is 3.22. The van der Waals surface area contributed by atoms with E-state index in [1.165, 1.54) is 11.3 Å². The normalized spacial score (nSPS) is 15.6.